The molecular formula is C23H22FN3O2. The Kier molecular flexibility index (Phi) is 5.33. The van der Waals surface area contributed by atoms with Crippen molar-refractivity contribution in [3.05, 3.63) is 89.8 Å². The second-order valence-electron chi connectivity index (χ2n) is 6.64. The van der Waals surface area contributed by atoms with Crippen LogP contribution in [0.15, 0.2) is 72.8 Å². The largest absolute Gasteiger partial charge is 0.493 e. The molecule has 148 valence electrons. The van der Waals surface area contributed by atoms with Gasteiger partial charge in [-0.15, -0.1) is 0 Å². The molecule has 0 fully saturated rings. The van der Waals surface area contributed by atoms with Gasteiger partial charge in [-0.3, -0.25) is 5.41 Å². The number of hydrogen-bond acceptors (Lipinski definition) is 3. The lowest BCUT2D eigenvalue weighted by molar-refractivity contribution is 0.278. The summed E-state index contributed by atoms with van der Waals surface area (Å²) in [5.74, 6) is 1.07. The van der Waals surface area contributed by atoms with E-state index in [-0.39, 0.29) is 5.82 Å². The van der Waals surface area contributed by atoms with Crippen LogP contribution in [0.1, 0.15) is 5.56 Å². The Labute approximate surface area is 168 Å². The second kappa shape index (κ2) is 8.22. The quantitative estimate of drug-likeness (QED) is 0.513. The molecule has 0 saturated carbocycles. The first-order valence-corrected chi connectivity index (χ1v) is 9.41. The summed E-state index contributed by atoms with van der Waals surface area (Å²) in [4.78, 5) is 0. The number of ether oxygens (including phenoxy) is 2. The van der Waals surface area contributed by atoms with Crippen molar-refractivity contribution >= 4 is 11.0 Å². The SMILES string of the molecule is COc1ccccc1OCCn1c(=N)n(Cc2ccccc2F)c2ccccc21. The predicted molar refractivity (Wildman–Crippen MR) is 110 cm³/mol. The van der Waals surface area contributed by atoms with Gasteiger partial charge in [0.25, 0.3) is 0 Å². The van der Waals surface area contributed by atoms with Crippen LogP contribution in [-0.2, 0) is 13.1 Å². The third-order valence-electron chi connectivity index (χ3n) is 4.90. The highest BCUT2D eigenvalue weighted by Gasteiger charge is 2.13. The molecule has 0 saturated heterocycles. The molecule has 29 heavy (non-hydrogen) atoms. The van der Waals surface area contributed by atoms with Gasteiger partial charge in [-0.1, -0.05) is 42.5 Å². The summed E-state index contributed by atoms with van der Waals surface area (Å²) in [6, 6.07) is 21.9. The summed E-state index contributed by atoms with van der Waals surface area (Å²) in [5.41, 5.74) is 2.66. The lowest BCUT2D eigenvalue weighted by Crippen LogP contribution is -2.27. The van der Waals surface area contributed by atoms with Crippen LogP contribution >= 0.6 is 0 Å². The van der Waals surface area contributed by atoms with E-state index in [9.17, 15) is 4.39 Å². The van der Waals surface area contributed by atoms with Gasteiger partial charge in [-0.2, -0.15) is 0 Å². The molecule has 1 N–H and O–H groups in total. The van der Waals surface area contributed by atoms with Crippen LogP contribution in [-0.4, -0.2) is 22.9 Å². The van der Waals surface area contributed by atoms with Crippen LogP contribution in [0.5, 0.6) is 11.5 Å². The number of imidazole rings is 1. The number of para-hydroxylation sites is 4. The van der Waals surface area contributed by atoms with Crippen LogP contribution < -0.4 is 15.1 Å². The summed E-state index contributed by atoms with van der Waals surface area (Å²) >= 11 is 0. The van der Waals surface area contributed by atoms with Crippen molar-refractivity contribution in [2.24, 2.45) is 0 Å². The Bertz CT molecular complexity index is 1200. The topological polar surface area (TPSA) is 52.2 Å². The maximum Gasteiger partial charge on any atom is 0.203 e. The molecule has 0 unspecified atom stereocenters. The highest BCUT2D eigenvalue weighted by Crippen LogP contribution is 2.25. The lowest BCUT2D eigenvalue weighted by atomic mass is 10.2. The number of aromatic nitrogens is 2. The van der Waals surface area contributed by atoms with Crippen LogP contribution in [0, 0.1) is 11.2 Å². The smallest absolute Gasteiger partial charge is 0.203 e. The van der Waals surface area contributed by atoms with Crippen molar-refractivity contribution in [2.75, 3.05) is 13.7 Å². The Morgan fingerprint density at radius 3 is 2.17 bits per heavy atom. The molecule has 0 amide bonds. The van der Waals surface area contributed by atoms with Crippen molar-refractivity contribution in [3.63, 3.8) is 0 Å². The zero-order valence-electron chi connectivity index (χ0n) is 16.1. The average Bonchev–Trinajstić information content (AvgIpc) is 3.01. The number of fused-ring (bicyclic) bond motifs is 1. The summed E-state index contributed by atoms with van der Waals surface area (Å²) in [6.45, 7) is 1.17. The Hall–Kier alpha value is -3.54. The van der Waals surface area contributed by atoms with Crippen molar-refractivity contribution in [3.8, 4) is 11.5 Å². The van der Waals surface area contributed by atoms with Crippen molar-refractivity contribution in [1.29, 1.82) is 5.41 Å². The van der Waals surface area contributed by atoms with Crippen LogP contribution in [0.4, 0.5) is 4.39 Å². The summed E-state index contributed by atoms with van der Waals surface area (Å²) in [6.07, 6.45) is 0. The van der Waals surface area contributed by atoms with E-state index in [0.29, 0.717) is 42.4 Å². The molecule has 5 nitrogen and oxygen atoms in total. The van der Waals surface area contributed by atoms with Gasteiger partial charge < -0.3 is 18.6 Å². The number of nitrogens with zero attached hydrogens (tertiary/aromatic N) is 2. The molecule has 4 aromatic rings. The zero-order chi connectivity index (χ0) is 20.2. The molecule has 0 atom stereocenters. The average molecular weight is 391 g/mol. The van der Waals surface area contributed by atoms with Gasteiger partial charge >= 0.3 is 0 Å². The van der Waals surface area contributed by atoms with E-state index in [2.05, 4.69) is 0 Å². The Morgan fingerprint density at radius 1 is 0.828 bits per heavy atom. The van der Waals surface area contributed by atoms with Gasteiger partial charge in [0.15, 0.2) is 11.5 Å². The van der Waals surface area contributed by atoms with Crippen LogP contribution in [0.25, 0.3) is 11.0 Å². The fourth-order valence-electron chi connectivity index (χ4n) is 3.46. The number of rotatable bonds is 7. The maximum atomic E-state index is 14.2. The van der Waals surface area contributed by atoms with Crippen molar-refractivity contribution < 1.29 is 13.9 Å². The minimum absolute atomic E-state index is 0.268. The van der Waals surface area contributed by atoms with Crippen LogP contribution in [0.2, 0.25) is 0 Å². The molecule has 0 aliphatic rings. The van der Waals surface area contributed by atoms with Gasteiger partial charge in [0, 0.05) is 5.56 Å². The number of nitrogens with one attached hydrogen (secondary N) is 1. The van der Waals surface area contributed by atoms with Crippen LogP contribution in [0.3, 0.4) is 0 Å². The fourth-order valence-corrected chi connectivity index (χ4v) is 3.46. The summed E-state index contributed by atoms with van der Waals surface area (Å²) in [7, 11) is 1.61. The molecule has 1 aromatic heterocycles. The van der Waals surface area contributed by atoms with Gasteiger partial charge in [0.2, 0.25) is 5.62 Å². The van der Waals surface area contributed by atoms with E-state index in [1.165, 1.54) is 6.07 Å². The van der Waals surface area contributed by atoms with E-state index in [1.54, 1.807) is 19.2 Å². The van der Waals surface area contributed by atoms with Gasteiger partial charge in [-0.05, 0) is 30.3 Å². The third-order valence-corrected chi connectivity index (χ3v) is 4.90. The number of benzene rings is 3. The first kappa shape index (κ1) is 18.8. The summed E-state index contributed by atoms with van der Waals surface area (Å²) < 4.78 is 29.1. The van der Waals surface area contributed by atoms with E-state index >= 15 is 0 Å². The van der Waals surface area contributed by atoms with E-state index in [0.717, 1.165) is 11.0 Å². The monoisotopic (exact) mass is 391 g/mol. The minimum Gasteiger partial charge on any atom is -0.493 e. The van der Waals surface area contributed by atoms with E-state index in [1.807, 2.05) is 63.7 Å². The fraction of sp³-hybridized carbons (Fsp3) is 0.174. The highest BCUT2D eigenvalue weighted by atomic mass is 19.1. The molecule has 4 rings (SSSR count). The van der Waals surface area contributed by atoms with E-state index in [4.69, 9.17) is 14.9 Å². The molecule has 0 radical (unpaired) electrons. The van der Waals surface area contributed by atoms with Crippen molar-refractivity contribution in [2.45, 2.75) is 13.1 Å². The van der Waals surface area contributed by atoms with Gasteiger partial charge in [-0.25, -0.2) is 4.39 Å². The molecule has 0 aliphatic carbocycles. The van der Waals surface area contributed by atoms with Gasteiger partial charge in [0.05, 0.1) is 31.2 Å². The minimum atomic E-state index is -0.268. The molecule has 1 heterocycles. The first-order chi connectivity index (χ1) is 14.2. The number of hydrogen-bond donors (Lipinski definition) is 1. The highest BCUT2D eigenvalue weighted by molar-refractivity contribution is 5.76. The molecule has 0 spiro atoms. The molecule has 0 bridgehead atoms. The molecule has 3 aromatic carbocycles. The molecule has 0 aliphatic heterocycles. The van der Waals surface area contributed by atoms with Crippen molar-refractivity contribution in [1.82, 2.24) is 9.13 Å². The Balaban J connectivity index is 1.62. The van der Waals surface area contributed by atoms with E-state index < -0.39 is 0 Å². The zero-order valence-corrected chi connectivity index (χ0v) is 16.1. The second-order valence-corrected chi connectivity index (χ2v) is 6.64. The predicted octanol–water partition coefficient (Wildman–Crippen LogP) is 4.20. The normalized spacial score (nSPS) is 11.0. The third kappa shape index (κ3) is 3.74. The molecular weight excluding hydrogens is 369 g/mol. The first-order valence-electron chi connectivity index (χ1n) is 9.41. The molecule has 6 heteroatoms. The summed E-state index contributed by atoms with van der Waals surface area (Å²) in [5, 5.41) is 8.68. The number of halogens is 1. The van der Waals surface area contributed by atoms with Gasteiger partial charge in [0.1, 0.15) is 12.4 Å². The lowest BCUT2D eigenvalue weighted by Gasteiger charge is -2.11. The Morgan fingerprint density at radius 2 is 1.45 bits per heavy atom. The number of methoxy groups -OCH3 is 1. The maximum absolute atomic E-state index is 14.2. The standard InChI is InChI=1S/C23H22FN3O2/c1-28-21-12-6-7-13-22(21)29-15-14-26-19-10-4-5-11-20(19)27(23(26)25)16-17-8-2-3-9-18(17)24/h2-13,25H,14-16H2,1H3.